The minimum atomic E-state index is -1.03. The third-order valence-corrected chi connectivity index (χ3v) is 5.16. The van der Waals surface area contributed by atoms with E-state index >= 15 is 0 Å². The van der Waals surface area contributed by atoms with Crippen LogP contribution in [0.2, 0.25) is 0 Å². The van der Waals surface area contributed by atoms with Gasteiger partial charge in [0.2, 0.25) is 0 Å². The third kappa shape index (κ3) is 4.77. The number of benzene rings is 3. The Hall–Kier alpha value is -4.39. The molecule has 1 amide bonds. The van der Waals surface area contributed by atoms with Crippen LogP contribution < -0.4 is 14.5 Å². The van der Waals surface area contributed by atoms with Crippen molar-refractivity contribution >= 4 is 29.4 Å². The first kappa shape index (κ1) is 21.8. The van der Waals surface area contributed by atoms with Crippen molar-refractivity contribution in [1.82, 2.24) is 0 Å². The van der Waals surface area contributed by atoms with Crippen LogP contribution >= 0.6 is 0 Å². The lowest BCUT2D eigenvalue weighted by molar-refractivity contribution is -0.114. The van der Waals surface area contributed by atoms with Crippen molar-refractivity contribution in [2.45, 2.75) is 13.5 Å². The number of amides is 1. The van der Waals surface area contributed by atoms with Crippen LogP contribution in [0.15, 0.2) is 83.5 Å². The van der Waals surface area contributed by atoms with E-state index in [1.54, 1.807) is 38.3 Å². The van der Waals surface area contributed by atoms with Crippen LogP contribution in [0.4, 0.5) is 5.69 Å². The van der Waals surface area contributed by atoms with E-state index in [1.165, 1.54) is 17.1 Å². The summed E-state index contributed by atoms with van der Waals surface area (Å²) in [6.45, 7) is 2.17. The van der Waals surface area contributed by atoms with Crippen molar-refractivity contribution in [3.63, 3.8) is 0 Å². The average molecular weight is 442 g/mol. The largest absolute Gasteiger partial charge is 0.493 e. The molecule has 0 aromatic heterocycles. The molecular formula is C26H22N2O5. The summed E-state index contributed by atoms with van der Waals surface area (Å²) in [5.74, 6) is -0.160. The third-order valence-electron chi connectivity index (χ3n) is 5.16. The smallest absolute Gasteiger partial charge is 0.335 e. The van der Waals surface area contributed by atoms with Crippen molar-refractivity contribution in [3.05, 3.63) is 95.1 Å². The lowest BCUT2D eigenvalue weighted by Crippen LogP contribution is -2.21. The van der Waals surface area contributed by atoms with Crippen molar-refractivity contribution < 1.29 is 24.2 Å². The van der Waals surface area contributed by atoms with Gasteiger partial charge in [0.15, 0.2) is 11.5 Å². The number of carboxylic acids is 1. The predicted octanol–water partition coefficient (Wildman–Crippen LogP) is 4.78. The lowest BCUT2D eigenvalue weighted by Gasteiger charge is -2.12. The molecule has 7 nitrogen and oxygen atoms in total. The summed E-state index contributed by atoms with van der Waals surface area (Å²) < 4.78 is 11.4. The maximum absolute atomic E-state index is 13.0. The van der Waals surface area contributed by atoms with E-state index in [4.69, 9.17) is 14.6 Å². The minimum absolute atomic E-state index is 0.142. The maximum Gasteiger partial charge on any atom is 0.335 e. The highest BCUT2D eigenvalue weighted by Crippen LogP contribution is 2.31. The topological polar surface area (TPSA) is 88.4 Å². The summed E-state index contributed by atoms with van der Waals surface area (Å²) in [5.41, 5.74) is 3.45. The standard InChI is InChI=1S/C26H22N2O5/c1-17-22(25(29)28(27-17)21-11-9-20(10-12-21)26(30)31)14-19-8-13-23(24(15-19)32-2)33-16-18-6-4-3-5-7-18/h3-15H,16H2,1-2H3,(H,30,31). The molecule has 0 saturated carbocycles. The van der Waals surface area contributed by atoms with E-state index in [0.717, 1.165) is 11.1 Å². The van der Waals surface area contributed by atoms with Gasteiger partial charge in [0, 0.05) is 0 Å². The lowest BCUT2D eigenvalue weighted by atomic mass is 10.1. The van der Waals surface area contributed by atoms with Crippen molar-refractivity contribution in [2.75, 3.05) is 12.1 Å². The molecule has 0 unspecified atom stereocenters. The molecule has 33 heavy (non-hydrogen) atoms. The van der Waals surface area contributed by atoms with Crippen LogP contribution in [-0.4, -0.2) is 29.8 Å². The van der Waals surface area contributed by atoms with E-state index in [-0.39, 0.29) is 11.5 Å². The Kier molecular flexibility index (Phi) is 6.22. The van der Waals surface area contributed by atoms with Crippen LogP contribution in [0.25, 0.3) is 6.08 Å². The van der Waals surface area contributed by atoms with E-state index in [2.05, 4.69) is 5.10 Å². The fourth-order valence-corrected chi connectivity index (χ4v) is 3.40. The molecule has 0 saturated heterocycles. The van der Waals surface area contributed by atoms with Gasteiger partial charge >= 0.3 is 5.97 Å². The Bertz CT molecular complexity index is 1250. The highest BCUT2D eigenvalue weighted by molar-refractivity contribution is 6.32. The van der Waals surface area contributed by atoms with Gasteiger partial charge in [0.25, 0.3) is 5.91 Å². The van der Waals surface area contributed by atoms with Crippen LogP contribution in [0.1, 0.15) is 28.4 Å². The molecule has 0 aliphatic carbocycles. The molecule has 0 atom stereocenters. The van der Waals surface area contributed by atoms with Crippen LogP contribution in [0.5, 0.6) is 11.5 Å². The van der Waals surface area contributed by atoms with E-state index in [1.807, 2.05) is 42.5 Å². The first-order valence-corrected chi connectivity index (χ1v) is 10.3. The second-order valence-electron chi connectivity index (χ2n) is 7.40. The van der Waals surface area contributed by atoms with Gasteiger partial charge in [0.05, 0.1) is 29.6 Å². The molecule has 166 valence electrons. The highest BCUT2D eigenvalue weighted by atomic mass is 16.5. The molecule has 0 fully saturated rings. The van der Waals surface area contributed by atoms with Crippen molar-refractivity contribution in [2.24, 2.45) is 5.10 Å². The molecule has 1 aliphatic heterocycles. The summed E-state index contributed by atoms with van der Waals surface area (Å²) in [5, 5.41) is 14.7. The number of hydrazone groups is 1. The Morgan fingerprint density at radius 2 is 1.76 bits per heavy atom. The van der Waals surface area contributed by atoms with Gasteiger partial charge in [-0.05, 0) is 60.5 Å². The SMILES string of the molecule is COc1cc(C=C2C(=O)N(c3ccc(C(=O)O)cc3)N=C2C)ccc1OCc1ccccc1. The number of aromatic carboxylic acids is 1. The van der Waals surface area contributed by atoms with Crippen LogP contribution in [0, 0.1) is 0 Å². The van der Waals surface area contributed by atoms with Crippen molar-refractivity contribution in [3.8, 4) is 11.5 Å². The van der Waals surface area contributed by atoms with E-state index < -0.39 is 5.97 Å². The van der Waals surface area contributed by atoms with Gasteiger partial charge in [-0.2, -0.15) is 10.1 Å². The van der Waals surface area contributed by atoms with Crippen LogP contribution in [0.3, 0.4) is 0 Å². The first-order chi connectivity index (χ1) is 16.0. The number of carboxylic acid groups (broad SMARTS) is 1. The first-order valence-electron chi connectivity index (χ1n) is 10.3. The molecule has 0 radical (unpaired) electrons. The summed E-state index contributed by atoms with van der Waals surface area (Å²) in [7, 11) is 1.57. The second kappa shape index (κ2) is 9.40. The number of rotatable bonds is 7. The van der Waals surface area contributed by atoms with Gasteiger partial charge < -0.3 is 14.6 Å². The molecule has 7 heteroatoms. The number of hydrogen-bond acceptors (Lipinski definition) is 5. The molecule has 0 spiro atoms. The van der Waals surface area contributed by atoms with E-state index in [9.17, 15) is 9.59 Å². The number of carbonyl (C=O) groups excluding carboxylic acids is 1. The Morgan fingerprint density at radius 3 is 2.42 bits per heavy atom. The second-order valence-corrected chi connectivity index (χ2v) is 7.40. The number of methoxy groups -OCH3 is 1. The van der Waals surface area contributed by atoms with Crippen molar-refractivity contribution in [1.29, 1.82) is 0 Å². The van der Waals surface area contributed by atoms with Gasteiger partial charge in [-0.15, -0.1) is 0 Å². The minimum Gasteiger partial charge on any atom is -0.493 e. The molecule has 0 bridgehead atoms. The quantitative estimate of drug-likeness (QED) is 0.532. The monoisotopic (exact) mass is 442 g/mol. The zero-order chi connectivity index (χ0) is 23.4. The normalized spacial score (nSPS) is 14.4. The Labute approximate surface area is 191 Å². The number of carbonyl (C=O) groups is 2. The zero-order valence-electron chi connectivity index (χ0n) is 18.2. The predicted molar refractivity (Wildman–Crippen MR) is 126 cm³/mol. The average Bonchev–Trinajstić information content (AvgIpc) is 3.12. The molecule has 1 heterocycles. The molecule has 4 rings (SSSR count). The van der Waals surface area contributed by atoms with Gasteiger partial charge in [-0.1, -0.05) is 36.4 Å². The molecule has 3 aromatic carbocycles. The van der Waals surface area contributed by atoms with Gasteiger partial charge in [-0.3, -0.25) is 4.79 Å². The summed E-state index contributed by atoms with van der Waals surface area (Å²) in [6.07, 6.45) is 1.75. The number of nitrogens with zero attached hydrogens (tertiary/aromatic N) is 2. The van der Waals surface area contributed by atoms with Gasteiger partial charge in [0.1, 0.15) is 6.61 Å². The number of anilines is 1. The molecule has 1 N–H and O–H groups in total. The molecule has 1 aliphatic rings. The molecular weight excluding hydrogens is 420 g/mol. The maximum atomic E-state index is 13.0. The zero-order valence-corrected chi connectivity index (χ0v) is 18.2. The number of ether oxygens (including phenoxy) is 2. The summed E-state index contributed by atoms with van der Waals surface area (Å²) in [4.78, 5) is 24.0. The fourth-order valence-electron chi connectivity index (χ4n) is 3.40. The van der Waals surface area contributed by atoms with Gasteiger partial charge in [-0.25, -0.2) is 4.79 Å². The highest BCUT2D eigenvalue weighted by Gasteiger charge is 2.28. The summed E-state index contributed by atoms with van der Waals surface area (Å²) >= 11 is 0. The Balaban J connectivity index is 1.53. The van der Waals surface area contributed by atoms with E-state index in [0.29, 0.717) is 35.1 Å². The Morgan fingerprint density at radius 1 is 1.03 bits per heavy atom. The molecule has 3 aromatic rings. The van der Waals surface area contributed by atoms with Crippen LogP contribution in [-0.2, 0) is 11.4 Å². The number of hydrogen-bond donors (Lipinski definition) is 1. The fraction of sp³-hybridized carbons (Fsp3) is 0.115. The summed E-state index contributed by atoms with van der Waals surface area (Å²) in [6, 6.07) is 21.3.